The predicted molar refractivity (Wildman–Crippen MR) is 131 cm³/mol. The quantitative estimate of drug-likeness (QED) is 0.315. The molecule has 1 aliphatic carbocycles. The topological polar surface area (TPSA) is 47.6 Å². The van der Waals surface area contributed by atoms with Gasteiger partial charge < -0.3 is 43.3 Å². The van der Waals surface area contributed by atoms with Crippen LogP contribution in [0.5, 0.6) is 11.5 Å². The van der Waals surface area contributed by atoms with Gasteiger partial charge >= 0.3 is 0 Å². The number of ketones is 1. The number of likely N-dealkylation sites (N-methyl/N-ethyl adjacent to an activating group) is 1. The number of hydrogen-bond acceptors (Lipinski definition) is 4. The summed E-state index contributed by atoms with van der Waals surface area (Å²) >= 11 is 0. The van der Waals surface area contributed by atoms with E-state index >= 15 is 0 Å². The van der Waals surface area contributed by atoms with E-state index in [1.807, 2.05) is 48.5 Å². The van der Waals surface area contributed by atoms with Crippen LogP contribution in [0.3, 0.4) is 0 Å². The lowest BCUT2D eigenvalue weighted by atomic mass is 9.88. The summed E-state index contributed by atoms with van der Waals surface area (Å²) in [7, 11) is 5.92. The number of halogens is 1. The minimum Gasteiger partial charge on any atom is -1.00 e. The van der Waals surface area contributed by atoms with Crippen LogP contribution in [0, 0.1) is 11.8 Å². The molecule has 1 aliphatic heterocycles. The number of nitrogens with zero attached hydrogens (tertiary/aromatic N) is 1. The normalized spacial score (nSPS) is 20.4. The zero-order valence-electron chi connectivity index (χ0n) is 20.4. The fourth-order valence-electron chi connectivity index (χ4n) is 4.79. The Morgan fingerprint density at radius 2 is 1.82 bits per heavy atom. The summed E-state index contributed by atoms with van der Waals surface area (Å²) in [5.74, 6) is 7.56. The molecule has 1 heterocycles. The Balaban J connectivity index is 0.00000324. The monoisotopic (exact) mass is 574 g/mol. The Labute approximate surface area is 220 Å². The molecule has 1 saturated heterocycles. The van der Waals surface area contributed by atoms with Crippen LogP contribution in [-0.4, -0.2) is 63.3 Å². The highest BCUT2D eigenvalue weighted by molar-refractivity contribution is 5.93. The number of Topliss-reactive ketones (excluding diaryl/α,β-unsaturated/α-hetero) is 1. The zero-order valence-corrected chi connectivity index (χ0v) is 22.5. The van der Waals surface area contributed by atoms with Gasteiger partial charge in [-0.3, -0.25) is 4.79 Å². The van der Waals surface area contributed by atoms with Gasteiger partial charge in [0.25, 0.3) is 0 Å². The van der Waals surface area contributed by atoms with Crippen molar-refractivity contribution in [3.05, 3.63) is 59.7 Å². The van der Waals surface area contributed by atoms with Gasteiger partial charge in [-0.1, -0.05) is 36.1 Å². The summed E-state index contributed by atoms with van der Waals surface area (Å²) in [6.45, 7) is 2.49. The van der Waals surface area contributed by atoms with Crippen LogP contribution < -0.4 is 38.8 Å². The Morgan fingerprint density at radius 1 is 1.09 bits per heavy atom. The van der Waals surface area contributed by atoms with Crippen molar-refractivity contribution in [2.24, 2.45) is 0 Å². The first-order valence-electron chi connectivity index (χ1n) is 12.0. The molecule has 6 heteroatoms. The highest BCUT2D eigenvalue weighted by Crippen LogP contribution is 2.35. The van der Waals surface area contributed by atoms with Gasteiger partial charge in [-0.2, -0.15) is 0 Å². The van der Waals surface area contributed by atoms with E-state index in [0.717, 1.165) is 37.1 Å². The van der Waals surface area contributed by atoms with Crippen molar-refractivity contribution in [1.82, 2.24) is 5.32 Å². The minimum atomic E-state index is -0.538. The molecular formula is C28H35IN2O3. The van der Waals surface area contributed by atoms with Crippen LogP contribution in [0.1, 0.15) is 42.7 Å². The summed E-state index contributed by atoms with van der Waals surface area (Å²) in [6, 6.07) is 15.5. The van der Waals surface area contributed by atoms with Crippen molar-refractivity contribution in [1.29, 1.82) is 0 Å². The third-order valence-electron chi connectivity index (χ3n) is 6.91. The molecule has 2 unspecified atom stereocenters. The van der Waals surface area contributed by atoms with Gasteiger partial charge in [0, 0.05) is 12.1 Å². The smallest absolute Gasteiger partial charge is 0.210 e. The molecular weight excluding hydrogens is 539 g/mol. The predicted octanol–water partition coefficient (Wildman–Crippen LogP) is 0.773. The van der Waals surface area contributed by atoms with E-state index in [2.05, 4.69) is 31.3 Å². The molecule has 2 fully saturated rings. The average molecular weight is 575 g/mol. The fourth-order valence-corrected chi connectivity index (χ4v) is 4.79. The van der Waals surface area contributed by atoms with Crippen LogP contribution in [0.15, 0.2) is 48.5 Å². The van der Waals surface area contributed by atoms with Crippen LogP contribution in [0.4, 0.5) is 0 Å². The van der Waals surface area contributed by atoms with Gasteiger partial charge in [0.05, 0.1) is 40.4 Å². The Kier molecular flexibility index (Phi) is 9.40. The van der Waals surface area contributed by atoms with Gasteiger partial charge in [0.1, 0.15) is 5.92 Å². The number of quaternary nitrogens is 1. The molecule has 2 aromatic rings. The highest BCUT2D eigenvalue weighted by atomic mass is 127. The number of nitrogens with one attached hydrogen (secondary N) is 1. The van der Waals surface area contributed by atoms with Crippen molar-refractivity contribution in [2.45, 2.75) is 43.7 Å². The molecule has 0 amide bonds. The van der Waals surface area contributed by atoms with E-state index in [0.29, 0.717) is 22.5 Å². The van der Waals surface area contributed by atoms with E-state index in [-0.39, 0.29) is 41.9 Å². The van der Waals surface area contributed by atoms with E-state index < -0.39 is 5.92 Å². The largest absolute Gasteiger partial charge is 1.00 e. The number of benzene rings is 2. The lowest BCUT2D eigenvalue weighted by Gasteiger charge is -2.41. The maximum Gasteiger partial charge on any atom is 0.210 e. The molecule has 1 N–H and O–H groups in total. The van der Waals surface area contributed by atoms with Crippen LogP contribution in [0.25, 0.3) is 0 Å². The minimum absolute atomic E-state index is 0. The van der Waals surface area contributed by atoms with E-state index in [4.69, 9.17) is 9.47 Å². The number of ether oxygens (including phenoxy) is 2. The summed E-state index contributed by atoms with van der Waals surface area (Å²) in [5.41, 5.74) is 1.77. The second-order valence-corrected chi connectivity index (χ2v) is 9.63. The number of carbonyl (C=O) groups is 1. The van der Waals surface area contributed by atoms with Crippen LogP contribution in [0.2, 0.25) is 0 Å². The van der Waals surface area contributed by atoms with Gasteiger partial charge in [-0.15, -0.1) is 0 Å². The lowest BCUT2D eigenvalue weighted by Crippen LogP contribution is -3.00. The van der Waals surface area contributed by atoms with E-state index in [1.165, 1.54) is 12.8 Å². The molecule has 34 heavy (non-hydrogen) atoms. The maximum absolute atomic E-state index is 13.9. The van der Waals surface area contributed by atoms with Gasteiger partial charge in [0.2, 0.25) is 5.78 Å². The first-order chi connectivity index (χ1) is 16.0. The second-order valence-electron chi connectivity index (χ2n) is 9.63. The standard InChI is InChI=1S/C28H35N2O3.HI/c1-30(2)18-17-29-20-25(30)28(31)24(15-13-21-9-5-4-6-10-21)22-14-16-26(32-3)27(19-22)33-23-11-7-8-12-23;/h4-6,9-10,14,16,19,23-25,29H,7-8,11-12,17-18,20H2,1-3H3;1H/q+1;/p-1. The molecule has 0 aromatic heterocycles. The van der Waals surface area contributed by atoms with Crippen molar-refractivity contribution in [3.63, 3.8) is 0 Å². The summed E-state index contributed by atoms with van der Waals surface area (Å²) in [4.78, 5) is 13.9. The Morgan fingerprint density at radius 3 is 2.50 bits per heavy atom. The molecule has 1 saturated carbocycles. The Hall–Kier alpha value is -2.08. The molecule has 0 spiro atoms. The number of methoxy groups -OCH3 is 1. The van der Waals surface area contributed by atoms with Crippen molar-refractivity contribution in [3.8, 4) is 23.3 Å². The molecule has 182 valence electrons. The van der Waals surface area contributed by atoms with Gasteiger partial charge in [-0.25, -0.2) is 0 Å². The third-order valence-corrected chi connectivity index (χ3v) is 6.91. The number of piperazine rings is 1. The first-order valence-corrected chi connectivity index (χ1v) is 12.0. The summed E-state index contributed by atoms with van der Waals surface area (Å²) in [5, 5.41) is 3.40. The maximum atomic E-state index is 13.9. The molecule has 0 bridgehead atoms. The average Bonchev–Trinajstić information content (AvgIpc) is 3.33. The molecule has 2 aliphatic rings. The fraction of sp³-hybridized carbons (Fsp3) is 0.464. The molecule has 5 nitrogen and oxygen atoms in total. The summed E-state index contributed by atoms with van der Waals surface area (Å²) < 4.78 is 12.6. The zero-order chi connectivity index (χ0) is 23.3. The lowest BCUT2D eigenvalue weighted by molar-refractivity contribution is -0.907. The molecule has 4 rings (SSSR count). The first kappa shape index (κ1) is 26.5. The number of hydrogen-bond donors (Lipinski definition) is 1. The van der Waals surface area contributed by atoms with Crippen LogP contribution >= 0.6 is 0 Å². The van der Waals surface area contributed by atoms with Crippen molar-refractivity contribution in [2.75, 3.05) is 40.8 Å². The van der Waals surface area contributed by atoms with Gasteiger partial charge in [-0.05, 0) is 55.5 Å². The molecule has 2 aromatic carbocycles. The third kappa shape index (κ3) is 6.32. The number of carbonyl (C=O) groups excluding carboxylic acids is 1. The highest BCUT2D eigenvalue weighted by Gasteiger charge is 2.40. The van der Waals surface area contributed by atoms with Crippen molar-refractivity contribution < 1.29 is 42.7 Å². The second kappa shape index (κ2) is 12.1. The number of rotatable bonds is 6. The van der Waals surface area contributed by atoms with E-state index in [9.17, 15) is 4.79 Å². The SMILES string of the molecule is COc1ccc(C(C#Cc2ccccc2)C(=O)C2CNCC[N+]2(C)C)cc1OC1CCCC1.[I-]. The van der Waals surface area contributed by atoms with E-state index in [1.54, 1.807) is 7.11 Å². The van der Waals surface area contributed by atoms with Crippen LogP contribution in [-0.2, 0) is 4.79 Å². The van der Waals surface area contributed by atoms with Gasteiger partial charge in [0.15, 0.2) is 17.5 Å². The molecule has 0 radical (unpaired) electrons. The van der Waals surface area contributed by atoms with Crippen molar-refractivity contribution >= 4 is 5.78 Å². The Bertz CT molecular complexity index is 1020. The summed E-state index contributed by atoms with van der Waals surface area (Å²) in [6.07, 6.45) is 4.71. The molecule has 2 atom stereocenters.